The summed E-state index contributed by atoms with van der Waals surface area (Å²) in [4.78, 5) is 24.2. The first-order valence-corrected chi connectivity index (χ1v) is 7.84. The van der Waals surface area contributed by atoms with Crippen LogP contribution in [0.5, 0.6) is 0 Å². The van der Waals surface area contributed by atoms with Crippen molar-refractivity contribution in [3.05, 3.63) is 63.9 Å². The summed E-state index contributed by atoms with van der Waals surface area (Å²) in [5.74, 6) is -0.855. The van der Waals surface area contributed by atoms with Gasteiger partial charge in [-0.15, -0.1) is 0 Å². The lowest BCUT2D eigenvalue weighted by Gasteiger charge is -2.26. The van der Waals surface area contributed by atoms with Crippen LogP contribution >= 0.6 is 0 Å². The molecule has 2 atom stereocenters. The summed E-state index contributed by atoms with van der Waals surface area (Å²) < 4.78 is 5.00. The van der Waals surface area contributed by atoms with Gasteiger partial charge in [0, 0.05) is 12.6 Å². The minimum atomic E-state index is -0.669. The van der Waals surface area contributed by atoms with Gasteiger partial charge in [-0.2, -0.15) is 0 Å². The number of furan rings is 1. The largest absolute Gasteiger partial charge is 0.433 e. The van der Waals surface area contributed by atoms with E-state index in [1.807, 2.05) is 30.3 Å². The summed E-state index contributed by atoms with van der Waals surface area (Å²) in [6, 6.07) is 11.7. The Balaban J connectivity index is 1.70. The highest BCUT2D eigenvalue weighted by Gasteiger charge is 2.33. The van der Waals surface area contributed by atoms with Crippen LogP contribution in [0.2, 0.25) is 0 Å². The molecule has 1 fully saturated rings. The van der Waals surface area contributed by atoms with Crippen LogP contribution in [0.1, 0.15) is 41.5 Å². The summed E-state index contributed by atoms with van der Waals surface area (Å²) in [6.45, 7) is 0.555. The molecule has 1 aromatic heterocycles. The number of amides is 1. The van der Waals surface area contributed by atoms with Crippen molar-refractivity contribution in [3.8, 4) is 0 Å². The maximum Gasteiger partial charge on any atom is 0.433 e. The number of rotatable bonds is 5. The molecule has 126 valence electrons. The van der Waals surface area contributed by atoms with Gasteiger partial charge < -0.3 is 14.4 Å². The predicted molar refractivity (Wildman–Crippen MR) is 85.4 cm³/mol. The van der Waals surface area contributed by atoms with Gasteiger partial charge in [0.15, 0.2) is 5.76 Å². The van der Waals surface area contributed by atoms with Gasteiger partial charge in [0.25, 0.3) is 5.91 Å². The highest BCUT2D eigenvalue weighted by molar-refractivity contribution is 5.92. The first-order valence-electron chi connectivity index (χ1n) is 7.84. The maximum atomic E-state index is 12.5. The van der Waals surface area contributed by atoms with Crippen LogP contribution in [0.25, 0.3) is 0 Å². The Morgan fingerprint density at radius 2 is 2.08 bits per heavy atom. The number of nitro groups is 1. The number of likely N-dealkylation sites (tertiary alicyclic amines) is 1. The van der Waals surface area contributed by atoms with Crippen LogP contribution in [0, 0.1) is 10.1 Å². The van der Waals surface area contributed by atoms with Gasteiger partial charge in [0.1, 0.15) is 4.92 Å². The van der Waals surface area contributed by atoms with Crippen LogP contribution in [0.4, 0.5) is 5.88 Å². The van der Waals surface area contributed by atoms with E-state index in [4.69, 9.17) is 4.42 Å². The van der Waals surface area contributed by atoms with Crippen LogP contribution in [-0.4, -0.2) is 33.4 Å². The summed E-state index contributed by atoms with van der Waals surface area (Å²) in [5.41, 5.74) is 0.811. The van der Waals surface area contributed by atoms with Crippen molar-refractivity contribution in [3.63, 3.8) is 0 Å². The van der Waals surface area contributed by atoms with Gasteiger partial charge in [0.05, 0.1) is 12.2 Å². The Hall–Kier alpha value is -2.67. The molecule has 0 bridgehead atoms. The zero-order chi connectivity index (χ0) is 17.1. The molecule has 1 aliphatic rings. The van der Waals surface area contributed by atoms with Crippen molar-refractivity contribution in [2.24, 2.45) is 0 Å². The molecule has 7 nitrogen and oxygen atoms in total. The van der Waals surface area contributed by atoms with Gasteiger partial charge in [0.2, 0.25) is 0 Å². The van der Waals surface area contributed by atoms with E-state index in [2.05, 4.69) is 0 Å². The Kier molecular flexibility index (Phi) is 4.61. The number of carbonyl (C=O) groups is 1. The Bertz CT molecular complexity index is 728. The van der Waals surface area contributed by atoms with E-state index < -0.39 is 16.9 Å². The summed E-state index contributed by atoms with van der Waals surface area (Å²) in [6.07, 6.45) is 1.40. The SMILES string of the molecule is O=C(c1ccc([N+](=O)[O-])o1)N1CCC[C@H]1C[C@@H](O)c1ccccc1. The van der Waals surface area contributed by atoms with E-state index in [0.29, 0.717) is 13.0 Å². The summed E-state index contributed by atoms with van der Waals surface area (Å²) in [7, 11) is 0. The van der Waals surface area contributed by atoms with Crippen LogP contribution in [0.15, 0.2) is 46.9 Å². The zero-order valence-electron chi connectivity index (χ0n) is 13.0. The van der Waals surface area contributed by atoms with Crippen LogP contribution in [0.3, 0.4) is 0 Å². The van der Waals surface area contributed by atoms with Crippen molar-refractivity contribution in [2.45, 2.75) is 31.4 Å². The maximum absolute atomic E-state index is 12.5. The third-order valence-electron chi connectivity index (χ3n) is 4.30. The van der Waals surface area contributed by atoms with Crippen molar-refractivity contribution in [1.29, 1.82) is 0 Å². The first kappa shape index (κ1) is 16.2. The molecule has 0 aliphatic carbocycles. The number of carbonyl (C=O) groups excluding carboxylic acids is 1. The molecule has 2 heterocycles. The highest BCUT2D eigenvalue weighted by Crippen LogP contribution is 2.29. The molecule has 24 heavy (non-hydrogen) atoms. The number of nitrogens with zero attached hydrogens (tertiary/aromatic N) is 2. The number of hydrogen-bond donors (Lipinski definition) is 1. The molecular weight excluding hydrogens is 312 g/mol. The number of aliphatic hydroxyl groups is 1. The van der Waals surface area contributed by atoms with Crippen molar-refractivity contribution in [2.75, 3.05) is 6.54 Å². The standard InChI is InChI=1S/C17H18N2O5/c20-14(12-5-2-1-3-6-12)11-13-7-4-10-18(13)17(21)15-8-9-16(24-15)19(22)23/h1-3,5-6,8-9,13-14,20H,4,7,10-11H2/t13-,14+/m0/s1. The third-order valence-corrected chi connectivity index (χ3v) is 4.30. The predicted octanol–water partition coefficient (Wildman–Crippen LogP) is 2.92. The summed E-state index contributed by atoms with van der Waals surface area (Å²) in [5, 5.41) is 21.1. The van der Waals surface area contributed by atoms with E-state index in [0.717, 1.165) is 18.4 Å². The lowest BCUT2D eigenvalue weighted by atomic mass is 10.0. The zero-order valence-corrected chi connectivity index (χ0v) is 13.0. The molecule has 7 heteroatoms. The molecule has 1 saturated heterocycles. The van der Waals surface area contributed by atoms with Gasteiger partial charge >= 0.3 is 5.88 Å². The molecule has 1 aliphatic heterocycles. The van der Waals surface area contributed by atoms with Gasteiger partial charge in [-0.1, -0.05) is 30.3 Å². The fourth-order valence-electron chi connectivity index (χ4n) is 3.10. The molecule has 0 saturated carbocycles. The second-order valence-electron chi connectivity index (χ2n) is 5.85. The molecule has 2 aromatic rings. The quantitative estimate of drug-likeness (QED) is 0.671. The number of aliphatic hydroxyl groups excluding tert-OH is 1. The van der Waals surface area contributed by atoms with E-state index in [1.165, 1.54) is 12.1 Å². The van der Waals surface area contributed by atoms with Gasteiger partial charge in [-0.3, -0.25) is 14.9 Å². The molecule has 1 amide bonds. The Morgan fingerprint density at radius 1 is 1.33 bits per heavy atom. The van der Waals surface area contributed by atoms with E-state index in [-0.39, 0.29) is 17.7 Å². The highest BCUT2D eigenvalue weighted by atomic mass is 16.6. The minimum Gasteiger partial charge on any atom is -0.395 e. The molecule has 3 rings (SSSR count). The normalized spacial score (nSPS) is 18.5. The smallest absolute Gasteiger partial charge is 0.395 e. The molecule has 0 radical (unpaired) electrons. The number of benzene rings is 1. The van der Waals surface area contributed by atoms with Crippen LogP contribution in [-0.2, 0) is 0 Å². The fourth-order valence-corrected chi connectivity index (χ4v) is 3.10. The van der Waals surface area contributed by atoms with Crippen molar-refractivity contribution in [1.82, 2.24) is 4.90 Å². The Morgan fingerprint density at radius 3 is 2.75 bits per heavy atom. The molecular formula is C17H18N2O5. The average Bonchev–Trinajstić information content (AvgIpc) is 3.24. The topological polar surface area (TPSA) is 96.8 Å². The first-order chi connectivity index (χ1) is 11.6. The van der Waals surface area contributed by atoms with Gasteiger partial charge in [-0.25, -0.2) is 0 Å². The minimum absolute atomic E-state index is 0.0391. The average molecular weight is 330 g/mol. The third kappa shape index (κ3) is 3.30. The Labute approximate surface area is 138 Å². The fraction of sp³-hybridized carbons (Fsp3) is 0.353. The van der Waals surface area contributed by atoms with Crippen LogP contribution < -0.4 is 0 Å². The van der Waals surface area contributed by atoms with Crippen molar-refractivity contribution < 1.29 is 19.2 Å². The summed E-state index contributed by atoms with van der Waals surface area (Å²) >= 11 is 0. The van der Waals surface area contributed by atoms with E-state index in [9.17, 15) is 20.0 Å². The van der Waals surface area contributed by atoms with Gasteiger partial charge in [-0.05, 0) is 30.9 Å². The lowest BCUT2D eigenvalue weighted by molar-refractivity contribution is -0.402. The van der Waals surface area contributed by atoms with E-state index in [1.54, 1.807) is 4.90 Å². The molecule has 0 spiro atoms. The molecule has 1 N–H and O–H groups in total. The number of hydrogen-bond acceptors (Lipinski definition) is 5. The van der Waals surface area contributed by atoms with Crippen molar-refractivity contribution >= 4 is 11.8 Å². The van der Waals surface area contributed by atoms with E-state index >= 15 is 0 Å². The monoisotopic (exact) mass is 330 g/mol. The molecule has 1 aromatic carbocycles. The second kappa shape index (κ2) is 6.84. The molecule has 0 unspecified atom stereocenters. The second-order valence-corrected chi connectivity index (χ2v) is 5.85. The lowest BCUT2D eigenvalue weighted by Crippen LogP contribution is -2.36.